The number of likely N-dealkylation sites (tertiary alicyclic amines) is 1. The first kappa shape index (κ1) is 25.2. The fraction of sp³-hybridized carbons (Fsp3) is 0.379. The number of likely N-dealkylation sites (N-methyl/N-ethyl adjacent to an activating group) is 1. The summed E-state index contributed by atoms with van der Waals surface area (Å²) in [5, 5.41) is 11.6. The molecule has 2 fully saturated rings. The van der Waals surface area contributed by atoms with Crippen LogP contribution in [0.1, 0.15) is 22.7 Å². The Kier molecular flexibility index (Phi) is 7.38. The Morgan fingerprint density at radius 3 is 2.57 bits per heavy atom. The van der Waals surface area contributed by atoms with E-state index < -0.39 is 6.04 Å². The van der Waals surface area contributed by atoms with E-state index in [1.807, 2.05) is 30.3 Å². The number of ether oxygens (including phenoxy) is 2. The van der Waals surface area contributed by atoms with Gasteiger partial charge in [-0.25, -0.2) is 4.39 Å². The lowest BCUT2D eigenvalue weighted by atomic mass is 9.96. The van der Waals surface area contributed by atoms with Gasteiger partial charge in [0, 0.05) is 51.4 Å². The van der Waals surface area contributed by atoms with Gasteiger partial charge in [0.15, 0.2) is 0 Å². The summed E-state index contributed by atoms with van der Waals surface area (Å²) in [5.41, 5.74) is 1.99. The third-order valence-electron chi connectivity index (χ3n) is 7.44. The average molecular weight is 503 g/mol. The Morgan fingerprint density at radius 1 is 1.19 bits per heavy atom. The van der Waals surface area contributed by atoms with E-state index in [0.717, 1.165) is 61.3 Å². The van der Waals surface area contributed by atoms with E-state index in [-0.39, 0.29) is 18.3 Å². The van der Waals surface area contributed by atoms with Crippen LogP contribution < -0.4 is 4.74 Å². The molecule has 0 aliphatic carbocycles. The van der Waals surface area contributed by atoms with Crippen LogP contribution in [-0.4, -0.2) is 80.2 Å². The number of benzene rings is 3. The highest BCUT2D eigenvalue weighted by atomic mass is 19.1. The van der Waals surface area contributed by atoms with Crippen LogP contribution in [0.5, 0.6) is 5.75 Å². The smallest absolute Gasteiger partial charge is 0.244 e. The molecule has 3 aromatic rings. The first-order valence-electron chi connectivity index (χ1n) is 12.5. The number of fused-ring (bicyclic) bond motifs is 1. The van der Waals surface area contributed by atoms with Gasteiger partial charge < -0.3 is 14.4 Å². The molecule has 5 rings (SSSR count). The molecule has 1 atom stereocenters. The van der Waals surface area contributed by atoms with Crippen LogP contribution in [0.15, 0.2) is 54.6 Å². The maximum atomic E-state index is 14.0. The van der Waals surface area contributed by atoms with Gasteiger partial charge in [-0.3, -0.25) is 14.6 Å². The van der Waals surface area contributed by atoms with E-state index in [1.165, 1.54) is 12.1 Å². The molecular weight excluding hydrogens is 471 g/mol. The predicted octanol–water partition coefficient (Wildman–Crippen LogP) is 3.58. The molecule has 192 valence electrons. The summed E-state index contributed by atoms with van der Waals surface area (Å²) in [7, 11) is 3.31. The molecule has 7 nitrogen and oxygen atoms in total. The van der Waals surface area contributed by atoms with Gasteiger partial charge in [0.2, 0.25) is 5.91 Å². The topological polar surface area (TPSA) is 69.0 Å². The van der Waals surface area contributed by atoms with Crippen LogP contribution in [0.3, 0.4) is 0 Å². The van der Waals surface area contributed by atoms with Crippen molar-refractivity contribution in [2.45, 2.75) is 18.6 Å². The summed E-state index contributed by atoms with van der Waals surface area (Å²) >= 11 is 0. The minimum Gasteiger partial charge on any atom is -0.495 e. The number of morpholine rings is 1. The van der Waals surface area contributed by atoms with E-state index in [1.54, 1.807) is 31.2 Å². The first-order chi connectivity index (χ1) is 18.0. The van der Waals surface area contributed by atoms with Crippen LogP contribution in [0.2, 0.25) is 0 Å². The number of nitrogens with zero attached hydrogens (tertiary/aromatic N) is 4. The van der Waals surface area contributed by atoms with Crippen LogP contribution in [0.25, 0.3) is 10.8 Å². The van der Waals surface area contributed by atoms with Crippen molar-refractivity contribution < 1.29 is 18.7 Å². The third-order valence-corrected chi connectivity index (χ3v) is 7.44. The number of amides is 1. The van der Waals surface area contributed by atoms with Gasteiger partial charge in [0.1, 0.15) is 23.7 Å². The second-order valence-electron chi connectivity index (χ2n) is 9.67. The van der Waals surface area contributed by atoms with E-state index in [4.69, 9.17) is 9.47 Å². The highest BCUT2D eigenvalue weighted by molar-refractivity contribution is 5.91. The average Bonchev–Trinajstić information content (AvgIpc) is 2.90. The lowest BCUT2D eigenvalue weighted by molar-refractivity contribution is -0.141. The molecule has 1 unspecified atom stereocenters. The predicted molar refractivity (Wildman–Crippen MR) is 139 cm³/mol. The summed E-state index contributed by atoms with van der Waals surface area (Å²) in [6, 6.07) is 17.9. The SMILES string of the molecule is COc1c(C#N)cc2ccccc2c1CN(C)C(=O)C(c1ccc(F)cc1)N1CC(N2CCOCC2)C1. The standard InChI is InChI=1S/C29H31FN4O3/c1-32(19-26-25-6-4-3-5-21(25)15-22(16-31)28(26)36-2)29(35)27(20-7-9-23(30)10-8-20)34-17-24(18-34)33-11-13-37-14-12-33/h3-10,15,24,27H,11-14,17-19H2,1-2H3. The van der Waals surface area contributed by atoms with Gasteiger partial charge in [-0.15, -0.1) is 0 Å². The van der Waals surface area contributed by atoms with Crippen molar-refractivity contribution in [1.82, 2.24) is 14.7 Å². The van der Waals surface area contributed by atoms with Crippen molar-refractivity contribution in [2.24, 2.45) is 0 Å². The summed E-state index contributed by atoms with van der Waals surface area (Å²) in [6.45, 7) is 5.06. The van der Waals surface area contributed by atoms with Crippen LogP contribution in [0, 0.1) is 17.1 Å². The molecule has 0 N–H and O–H groups in total. The number of methoxy groups -OCH3 is 1. The van der Waals surface area contributed by atoms with E-state index >= 15 is 0 Å². The van der Waals surface area contributed by atoms with E-state index in [0.29, 0.717) is 17.4 Å². The molecule has 3 aromatic carbocycles. The lowest BCUT2D eigenvalue weighted by Crippen LogP contribution is -2.63. The number of halogens is 1. The van der Waals surface area contributed by atoms with Crippen LogP contribution in [0.4, 0.5) is 4.39 Å². The second kappa shape index (κ2) is 10.9. The zero-order valence-corrected chi connectivity index (χ0v) is 21.2. The van der Waals surface area contributed by atoms with E-state index in [2.05, 4.69) is 15.9 Å². The van der Waals surface area contributed by atoms with Crippen molar-refractivity contribution in [2.75, 3.05) is 53.6 Å². The molecule has 1 amide bonds. The van der Waals surface area contributed by atoms with Crippen molar-refractivity contribution in [3.05, 3.63) is 77.1 Å². The Labute approximate surface area is 216 Å². The fourth-order valence-electron chi connectivity index (χ4n) is 5.43. The number of carbonyl (C=O) groups is 1. The quantitative estimate of drug-likeness (QED) is 0.492. The normalized spacial score (nSPS) is 17.7. The molecule has 8 heteroatoms. The summed E-state index contributed by atoms with van der Waals surface area (Å²) in [6.07, 6.45) is 0. The lowest BCUT2D eigenvalue weighted by Gasteiger charge is -2.49. The fourth-order valence-corrected chi connectivity index (χ4v) is 5.43. The van der Waals surface area contributed by atoms with Crippen molar-refractivity contribution in [1.29, 1.82) is 5.26 Å². The maximum Gasteiger partial charge on any atom is 0.244 e. The molecule has 2 heterocycles. The number of rotatable bonds is 7. The van der Waals surface area contributed by atoms with Gasteiger partial charge in [-0.1, -0.05) is 36.4 Å². The molecule has 0 radical (unpaired) electrons. The number of carbonyl (C=O) groups excluding carboxylic acids is 1. The number of hydrogen-bond donors (Lipinski definition) is 0. The number of hydrogen-bond acceptors (Lipinski definition) is 6. The Balaban J connectivity index is 1.43. The maximum absolute atomic E-state index is 14.0. The number of nitriles is 1. The first-order valence-corrected chi connectivity index (χ1v) is 12.5. The zero-order chi connectivity index (χ0) is 25.9. The summed E-state index contributed by atoms with van der Waals surface area (Å²) < 4.78 is 24.9. The van der Waals surface area contributed by atoms with Gasteiger partial charge in [0.25, 0.3) is 0 Å². The molecule has 0 saturated carbocycles. The van der Waals surface area contributed by atoms with Gasteiger partial charge in [-0.05, 0) is 34.5 Å². The molecule has 2 aliphatic heterocycles. The Hall–Kier alpha value is -3.51. The minimum absolute atomic E-state index is 0.0828. The third kappa shape index (κ3) is 5.03. The van der Waals surface area contributed by atoms with Crippen molar-refractivity contribution >= 4 is 16.7 Å². The minimum atomic E-state index is -0.528. The van der Waals surface area contributed by atoms with Crippen LogP contribution in [-0.2, 0) is 16.1 Å². The second-order valence-corrected chi connectivity index (χ2v) is 9.67. The molecule has 37 heavy (non-hydrogen) atoms. The molecule has 0 bridgehead atoms. The Morgan fingerprint density at radius 2 is 1.89 bits per heavy atom. The monoisotopic (exact) mass is 502 g/mol. The molecular formula is C29H31FN4O3. The van der Waals surface area contributed by atoms with Gasteiger partial charge in [-0.2, -0.15) is 5.26 Å². The molecule has 0 aromatic heterocycles. The van der Waals surface area contributed by atoms with Gasteiger partial charge >= 0.3 is 0 Å². The van der Waals surface area contributed by atoms with E-state index in [9.17, 15) is 14.4 Å². The zero-order valence-electron chi connectivity index (χ0n) is 21.2. The largest absolute Gasteiger partial charge is 0.495 e. The highest BCUT2D eigenvalue weighted by Crippen LogP contribution is 2.35. The van der Waals surface area contributed by atoms with Crippen LogP contribution >= 0.6 is 0 Å². The summed E-state index contributed by atoms with van der Waals surface area (Å²) in [5.74, 6) is 0.0682. The van der Waals surface area contributed by atoms with Crippen molar-refractivity contribution in [3.8, 4) is 11.8 Å². The van der Waals surface area contributed by atoms with Crippen molar-refractivity contribution in [3.63, 3.8) is 0 Å². The molecule has 2 aliphatic rings. The molecule has 0 spiro atoms. The summed E-state index contributed by atoms with van der Waals surface area (Å²) in [4.78, 5) is 20.3. The van der Waals surface area contributed by atoms with Gasteiger partial charge in [0.05, 0.1) is 25.9 Å². The highest BCUT2D eigenvalue weighted by Gasteiger charge is 2.41. The Bertz CT molecular complexity index is 1310. The molecule has 2 saturated heterocycles.